The van der Waals surface area contributed by atoms with Crippen LogP contribution in [0.3, 0.4) is 0 Å². The molecule has 1 aromatic carbocycles. The molecule has 1 heterocycles. The second-order valence-electron chi connectivity index (χ2n) is 4.78. The monoisotopic (exact) mass is 265 g/mol. The number of non-ortho nitro benzene ring substituents is 1. The van der Waals surface area contributed by atoms with E-state index in [1.807, 2.05) is 0 Å². The summed E-state index contributed by atoms with van der Waals surface area (Å²) in [5, 5.41) is 13.9. The van der Waals surface area contributed by atoms with Crippen molar-refractivity contribution in [2.24, 2.45) is 5.92 Å². The molecule has 6 nitrogen and oxygen atoms in total. The van der Waals surface area contributed by atoms with Gasteiger partial charge in [0.15, 0.2) is 0 Å². The molecule has 1 aromatic rings. The SMILES string of the molecule is CCC1OCCC1CNc1ccc([N+](=O)[O-])cc1N. The highest BCUT2D eigenvalue weighted by atomic mass is 16.6. The highest BCUT2D eigenvalue weighted by molar-refractivity contribution is 5.69. The first-order chi connectivity index (χ1) is 9.11. The van der Waals surface area contributed by atoms with Gasteiger partial charge in [-0.3, -0.25) is 10.1 Å². The van der Waals surface area contributed by atoms with Gasteiger partial charge < -0.3 is 15.8 Å². The first-order valence-corrected chi connectivity index (χ1v) is 6.51. The van der Waals surface area contributed by atoms with Gasteiger partial charge in [-0.1, -0.05) is 6.92 Å². The van der Waals surface area contributed by atoms with Crippen LogP contribution in [0.15, 0.2) is 18.2 Å². The minimum absolute atomic E-state index is 0.0127. The maximum Gasteiger partial charge on any atom is 0.271 e. The predicted molar refractivity (Wildman–Crippen MR) is 74.1 cm³/mol. The van der Waals surface area contributed by atoms with Gasteiger partial charge in [0.1, 0.15) is 0 Å². The molecule has 19 heavy (non-hydrogen) atoms. The quantitative estimate of drug-likeness (QED) is 0.484. The normalized spacial score (nSPS) is 22.4. The standard InChI is InChI=1S/C13H19N3O3/c1-2-13-9(5-6-19-13)8-15-12-4-3-10(16(17)18)7-11(12)14/h3-4,7,9,13,15H,2,5-6,8,14H2,1H3. The van der Waals surface area contributed by atoms with E-state index in [0.29, 0.717) is 17.7 Å². The molecule has 3 N–H and O–H groups in total. The summed E-state index contributed by atoms with van der Waals surface area (Å²) in [4.78, 5) is 10.2. The molecular weight excluding hydrogens is 246 g/mol. The summed E-state index contributed by atoms with van der Waals surface area (Å²) in [6.07, 6.45) is 2.34. The van der Waals surface area contributed by atoms with Crippen LogP contribution in [0.4, 0.5) is 17.1 Å². The summed E-state index contributed by atoms with van der Waals surface area (Å²) in [5.74, 6) is 0.472. The topological polar surface area (TPSA) is 90.4 Å². The smallest absolute Gasteiger partial charge is 0.271 e. The van der Waals surface area contributed by atoms with Crippen LogP contribution in [0, 0.1) is 16.0 Å². The third-order valence-electron chi connectivity index (χ3n) is 3.55. The van der Waals surface area contributed by atoms with Gasteiger partial charge in [0.05, 0.1) is 22.4 Å². The number of nitrogens with two attached hydrogens (primary N) is 1. The van der Waals surface area contributed by atoms with E-state index in [1.165, 1.54) is 12.1 Å². The van der Waals surface area contributed by atoms with Gasteiger partial charge in [0.25, 0.3) is 5.69 Å². The van der Waals surface area contributed by atoms with E-state index in [-0.39, 0.29) is 5.69 Å². The summed E-state index contributed by atoms with van der Waals surface area (Å²) in [7, 11) is 0. The second kappa shape index (κ2) is 5.88. The van der Waals surface area contributed by atoms with Crippen molar-refractivity contribution in [3.8, 4) is 0 Å². The fourth-order valence-corrected chi connectivity index (χ4v) is 2.44. The fraction of sp³-hybridized carbons (Fsp3) is 0.538. The minimum atomic E-state index is -0.446. The number of nitro benzene ring substituents is 1. The average Bonchev–Trinajstić information content (AvgIpc) is 2.84. The zero-order chi connectivity index (χ0) is 13.8. The first-order valence-electron chi connectivity index (χ1n) is 6.51. The third kappa shape index (κ3) is 3.14. The van der Waals surface area contributed by atoms with Crippen LogP contribution in [-0.4, -0.2) is 24.2 Å². The Morgan fingerprint density at radius 1 is 1.58 bits per heavy atom. The maximum atomic E-state index is 10.6. The van der Waals surface area contributed by atoms with Crippen molar-refractivity contribution < 1.29 is 9.66 Å². The highest BCUT2D eigenvalue weighted by Crippen LogP contribution is 2.27. The van der Waals surface area contributed by atoms with Crippen molar-refractivity contribution in [3.63, 3.8) is 0 Å². The van der Waals surface area contributed by atoms with Crippen LogP contribution in [0.5, 0.6) is 0 Å². The van der Waals surface area contributed by atoms with Crippen LogP contribution in [0.1, 0.15) is 19.8 Å². The average molecular weight is 265 g/mol. The molecule has 2 atom stereocenters. The molecule has 0 saturated carbocycles. The molecule has 104 valence electrons. The third-order valence-corrected chi connectivity index (χ3v) is 3.55. The second-order valence-corrected chi connectivity index (χ2v) is 4.78. The van der Waals surface area contributed by atoms with Gasteiger partial charge in [-0.25, -0.2) is 0 Å². The molecule has 1 fully saturated rings. The Morgan fingerprint density at radius 3 is 3.00 bits per heavy atom. The summed E-state index contributed by atoms with van der Waals surface area (Å²) in [5.41, 5.74) is 6.97. The Balaban J connectivity index is 1.98. The molecule has 0 bridgehead atoms. The van der Waals surface area contributed by atoms with E-state index in [4.69, 9.17) is 10.5 Å². The largest absolute Gasteiger partial charge is 0.397 e. The molecule has 0 amide bonds. The van der Waals surface area contributed by atoms with Crippen molar-refractivity contribution in [1.82, 2.24) is 0 Å². The zero-order valence-electron chi connectivity index (χ0n) is 11.0. The highest BCUT2D eigenvalue weighted by Gasteiger charge is 2.26. The van der Waals surface area contributed by atoms with Gasteiger partial charge in [-0.15, -0.1) is 0 Å². The lowest BCUT2D eigenvalue weighted by Gasteiger charge is -2.18. The molecular formula is C13H19N3O3. The number of rotatable bonds is 5. The van der Waals surface area contributed by atoms with Gasteiger partial charge >= 0.3 is 0 Å². The number of nitrogens with zero attached hydrogens (tertiary/aromatic N) is 1. The Hall–Kier alpha value is -1.82. The number of nitrogen functional groups attached to an aromatic ring is 1. The van der Waals surface area contributed by atoms with E-state index in [2.05, 4.69) is 12.2 Å². The molecule has 1 aliphatic rings. The van der Waals surface area contributed by atoms with E-state index >= 15 is 0 Å². The molecule has 0 radical (unpaired) electrons. The Morgan fingerprint density at radius 2 is 2.37 bits per heavy atom. The molecule has 1 saturated heterocycles. The van der Waals surface area contributed by atoms with Crippen LogP contribution in [0.25, 0.3) is 0 Å². The van der Waals surface area contributed by atoms with Gasteiger partial charge in [0, 0.05) is 31.2 Å². The van der Waals surface area contributed by atoms with Crippen LogP contribution < -0.4 is 11.1 Å². The molecule has 0 spiro atoms. The number of anilines is 2. The van der Waals surface area contributed by atoms with Gasteiger partial charge in [-0.2, -0.15) is 0 Å². The van der Waals surface area contributed by atoms with Crippen molar-refractivity contribution >= 4 is 17.1 Å². The Labute approximate surface area is 112 Å². The molecule has 1 aliphatic heterocycles. The Kier molecular flexibility index (Phi) is 4.21. The van der Waals surface area contributed by atoms with Crippen molar-refractivity contribution in [2.75, 3.05) is 24.2 Å². The molecule has 0 aliphatic carbocycles. The number of ether oxygens (including phenoxy) is 1. The lowest BCUT2D eigenvalue weighted by Crippen LogP contribution is -2.23. The summed E-state index contributed by atoms with van der Waals surface area (Å²) < 4.78 is 5.62. The van der Waals surface area contributed by atoms with E-state index in [0.717, 1.165) is 31.7 Å². The van der Waals surface area contributed by atoms with Crippen molar-refractivity contribution in [1.29, 1.82) is 0 Å². The van der Waals surface area contributed by atoms with E-state index in [9.17, 15) is 10.1 Å². The van der Waals surface area contributed by atoms with Crippen molar-refractivity contribution in [3.05, 3.63) is 28.3 Å². The lowest BCUT2D eigenvalue weighted by molar-refractivity contribution is -0.384. The van der Waals surface area contributed by atoms with Gasteiger partial charge in [-0.05, 0) is 18.9 Å². The number of benzene rings is 1. The lowest BCUT2D eigenvalue weighted by atomic mass is 9.99. The predicted octanol–water partition coefficient (Wildman–Crippen LogP) is 2.40. The number of nitro groups is 1. The first kappa shape index (κ1) is 13.6. The molecule has 6 heteroatoms. The number of hydrogen-bond donors (Lipinski definition) is 2. The van der Waals surface area contributed by atoms with Crippen LogP contribution >= 0.6 is 0 Å². The molecule has 2 rings (SSSR count). The zero-order valence-corrected chi connectivity index (χ0v) is 11.0. The van der Waals surface area contributed by atoms with Crippen LogP contribution in [-0.2, 0) is 4.74 Å². The summed E-state index contributed by atoms with van der Waals surface area (Å²) >= 11 is 0. The fourth-order valence-electron chi connectivity index (χ4n) is 2.44. The minimum Gasteiger partial charge on any atom is -0.397 e. The van der Waals surface area contributed by atoms with Crippen LogP contribution in [0.2, 0.25) is 0 Å². The number of nitrogens with one attached hydrogen (secondary N) is 1. The Bertz CT molecular complexity index is 464. The maximum absolute atomic E-state index is 10.6. The summed E-state index contributed by atoms with van der Waals surface area (Å²) in [6, 6.07) is 4.50. The molecule has 2 unspecified atom stereocenters. The van der Waals surface area contributed by atoms with E-state index < -0.39 is 4.92 Å². The number of hydrogen-bond acceptors (Lipinski definition) is 5. The molecule has 0 aromatic heterocycles. The van der Waals surface area contributed by atoms with Gasteiger partial charge in [0.2, 0.25) is 0 Å². The summed E-state index contributed by atoms with van der Waals surface area (Å²) in [6.45, 7) is 3.70. The van der Waals surface area contributed by atoms with Crippen molar-refractivity contribution in [2.45, 2.75) is 25.9 Å². The van der Waals surface area contributed by atoms with E-state index in [1.54, 1.807) is 6.07 Å².